The van der Waals surface area contributed by atoms with Crippen molar-refractivity contribution in [2.24, 2.45) is 5.73 Å². The van der Waals surface area contributed by atoms with Crippen LogP contribution < -0.4 is 5.73 Å². The van der Waals surface area contributed by atoms with Gasteiger partial charge in [0.15, 0.2) is 9.84 Å². The zero-order valence-electron chi connectivity index (χ0n) is 13.6. The highest BCUT2D eigenvalue weighted by atomic mass is 32.2. The third kappa shape index (κ3) is 2.83. The van der Waals surface area contributed by atoms with Crippen molar-refractivity contribution >= 4 is 15.8 Å². The van der Waals surface area contributed by atoms with Crippen LogP contribution in [-0.4, -0.2) is 31.8 Å². The summed E-state index contributed by atoms with van der Waals surface area (Å²) in [7, 11) is -3.86. The van der Waals surface area contributed by atoms with Gasteiger partial charge in [0.25, 0.3) is 0 Å². The predicted molar refractivity (Wildman–Crippen MR) is 90.1 cm³/mol. The van der Waals surface area contributed by atoms with Gasteiger partial charge in [-0.25, -0.2) is 17.6 Å². The molecule has 0 radical (unpaired) electrons. The van der Waals surface area contributed by atoms with Crippen LogP contribution in [0.2, 0.25) is 0 Å². The summed E-state index contributed by atoms with van der Waals surface area (Å²) in [5, 5.41) is -1.16. The Labute approximate surface area is 145 Å². The second-order valence-electron chi connectivity index (χ2n) is 5.96. The van der Waals surface area contributed by atoms with Crippen molar-refractivity contribution in [3.63, 3.8) is 0 Å². The lowest BCUT2D eigenvalue weighted by atomic mass is 10.1. The molecule has 0 unspecified atom stereocenters. The van der Waals surface area contributed by atoms with E-state index >= 15 is 0 Å². The minimum absolute atomic E-state index is 0.0868. The third-order valence-corrected chi connectivity index (χ3v) is 6.70. The molecule has 0 aliphatic heterocycles. The summed E-state index contributed by atoms with van der Waals surface area (Å²) in [6.45, 7) is 1.71. The molecule has 0 amide bonds. The fourth-order valence-electron chi connectivity index (χ4n) is 3.19. The quantitative estimate of drug-likeness (QED) is 0.822. The Morgan fingerprint density at radius 3 is 2.32 bits per heavy atom. The molecule has 3 rings (SSSR count). The molecule has 5 nitrogen and oxygen atoms in total. The van der Waals surface area contributed by atoms with Crippen molar-refractivity contribution in [1.82, 2.24) is 0 Å². The van der Waals surface area contributed by atoms with Gasteiger partial charge in [-0.15, -0.1) is 0 Å². The average Bonchev–Trinajstić information content (AvgIpc) is 3.25. The minimum Gasteiger partial charge on any atom is -0.465 e. The van der Waals surface area contributed by atoms with Gasteiger partial charge in [-0.2, -0.15) is 0 Å². The molecule has 0 bridgehead atoms. The molecule has 1 saturated carbocycles. The number of carbonyl (C=O) groups excluding carboxylic acids is 1. The summed E-state index contributed by atoms with van der Waals surface area (Å²) in [6.07, 6.45) is 0. The highest BCUT2D eigenvalue weighted by Crippen LogP contribution is 2.56. The number of carbonyl (C=O) groups is 1. The molecule has 0 aromatic heterocycles. The van der Waals surface area contributed by atoms with E-state index in [1.54, 1.807) is 25.1 Å². The maximum absolute atomic E-state index is 13.2. The molecule has 1 fully saturated rings. The summed E-state index contributed by atoms with van der Waals surface area (Å²) in [4.78, 5) is 12.5. The van der Waals surface area contributed by atoms with Gasteiger partial charge in [0.1, 0.15) is 16.6 Å². The molecule has 0 heterocycles. The first-order valence-corrected chi connectivity index (χ1v) is 9.38. The number of ether oxygens (including phenoxy) is 1. The van der Waals surface area contributed by atoms with Crippen molar-refractivity contribution in [3.05, 3.63) is 66.0 Å². The fourth-order valence-corrected chi connectivity index (χ4v) is 5.43. The van der Waals surface area contributed by atoms with Crippen LogP contribution >= 0.6 is 0 Å². The minimum atomic E-state index is -3.86. The number of sulfone groups is 1. The Bertz CT molecular complexity index is 883. The number of nitrogens with two attached hydrogens (primary N) is 1. The molecule has 1 aliphatic carbocycles. The van der Waals surface area contributed by atoms with Gasteiger partial charge in [-0.05, 0) is 36.8 Å². The van der Waals surface area contributed by atoms with Crippen molar-refractivity contribution in [2.75, 3.05) is 6.61 Å². The molecule has 0 spiro atoms. The van der Waals surface area contributed by atoms with Gasteiger partial charge < -0.3 is 10.5 Å². The van der Waals surface area contributed by atoms with Crippen LogP contribution in [0.25, 0.3) is 0 Å². The Morgan fingerprint density at radius 1 is 1.16 bits per heavy atom. The molecule has 1 aliphatic rings. The Kier molecular flexibility index (Phi) is 4.38. The molecular weight excluding hydrogens is 345 g/mol. The maximum Gasteiger partial charge on any atom is 0.328 e. The van der Waals surface area contributed by atoms with E-state index in [0.717, 1.165) is 0 Å². The van der Waals surface area contributed by atoms with Crippen molar-refractivity contribution < 1.29 is 22.3 Å². The number of hydrogen-bond acceptors (Lipinski definition) is 5. The first-order valence-electron chi connectivity index (χ1n) is 7.84. The van der Waals surface area contributed by atoms with Crippen LogP contribution in [0.4, 0.5) is 4.39 Å². The Balaban J connectivity index is 2.06. The number of esters is 1. The summed E-state index contributed by atoms with van der Waals surface area (Å²) in [6, 6.07) is 13.1. The van der Waals surface area contributed by atoms with Gasteiger partial charge in [-0.3, -0.25) is 0 Å². The molecule has 3 atom stereocenters. The lowest BCUT2D eigenvalue weighted by Gasteiger charge is -2.11. The second kappa shape index (κ2) is 6.24. The smallest absolute Gasteiger partial charge is 0.328 e. The third-order valence-electron chi connectivity index (χ3n) is 4.44. The number of hydrogen-bond donors (Lipinski definition) is 1. The van der Waals surface area contributed by atoms with Crippen LogP contribution in [0.5, 0.6) is 0 Å². The van der Waals surface area contributed by atoms with Gasteiger partial charge in [0.2, 0.25) is 0 Å². The van der Waals surface area contributed by atoms with Crippen molar-refractivity contribution in [3.8, 4) is 0 Å². The normalized spacial score (nSPS) is 25.4. The standard InChI is InChI=1S/C18H18FNO4S/c1-2-24-17(21)18(20)15(12-8-10-13(19)11-9-12)16(18)25(22,23)14-6-4-3-5-7-14/h3-11,15-16H,2,20H2,1H3/t15-,16-,18+/m1/s1. The van der Waals surface area contributed by atoms with E-state index in [4.69, 9.17) is 10.5 Å². The predicted octanol–water partition coefficient (Wildman–Crippen LogP) is 2.03. The highest BCUT2D eigenvalue weighted by Gasteiger charge is 2.74. The van der Waals surface area contributed by atoms with E-state index in [1.807, 2.05) is 0 Å². The van der Waals surface area contributed by atoms with E-state index in [9.17, 15) is 17.6 Å². The summed E-state index contributed by atoms with van der Waals surface area (Å²) in [5.74, 6) is -2.02. The van der Waals surface area contributed by atoms with E-state index in [1.165, 1.54) is 36.4 Å². The number of halogens is 1. The first-order chi connectivity index (χ1) is 11.8. The average molecular weight is 363 g/mol. The highest BCUT2D eigenvalue weighted by molar-refractivity contribution is 7.92. The molecule has 25 heavy (non-hydrogen) atoms. The van der Waals surface area contributed by atoms with Gasteiger partial charge in [0, 0.05) is 5.92 Å². The van der Waals surface area contributed by atoms with Crippen LogP contribution in [-0.2, 0) is 19.4 Å². The SMILES string of the molecule is CCOC(=O)[C@]1(N)[C@H](c2ccc(F)cc2)[C@H]1S(=O)(=O)c1ccccc1. The molecular formula is C18H18FNO4S. The summed E-state index contributed by atoms with van der Waals surface area (Å²) >= 11 is 0. The molecule has 2 aromatic carbocycles. The largest absolute Gasteiger partial charge is 0.465 e. The lowest BCUT2D eigenvalue weighted by molar-refractivity contribution is -0.145. The van der Waals surface area contributed by atoms with E-state index in [-0.39, 0.29) is 11.5 Å². The molecule has 2 aromatic rings. The monoisotopic (exact) mass is 363 g/mol. The van der Waals surface area contributed by atoms with Crippen molar-refractivity contribution in [2.45, 2.75) is 28.5 Å². The van der Waals surface area contributed by atoms with Crippen LogP contribution in [0.3, 0.4) is 0 Å². The number of rotatable bonds is 5. The van der Waals surface area contributed by atoms with E-state index < -0.39 is 38.3 Å². The first kappa shape index (κ1) is 17.6. The van der Waals surface area contributed by atoms with Crippen molar-refractivity contribution in [1.29, 1.82) is 0 Å². The lowest BCUT2D eigenvalue weighted by Crippen LogP contribution is -2.41. The van der Waals surface area contributed by atoms with Gasteiger partial charge >= 0.3 is 5.97 Å². The Hall–Kier alpha value is -2.25. The Morgan fingerprint density at radius 2 is 1.76 bits per heavy atom. The maximum atomic E-state index is 13.2. The fraction of sp³-hybridized carbons (Fsp3) is 0.278. The molecule has 0 saturated heterocycles. The summed E-state index contributed by atoms with van der Waals surface area (Å²) < 4.78 is 44.2. The molecule has 132 valence electrons. The second-order valence-corrected chi connectivity index (χ2v) is 8.03. The topological polar surface area (TPSA) is 86.5 Å². The van der Waals surface area contributed by atoms with Gasteiger partial charge in [0.05, 0.1) is 11.5 Å². The number of benzene rings is 2. The summed E-state index contributed by atoms with van der Waals surface area (Å²) in [5.41, 5.74) is 5.01. The zero-order chi connectivity index (χ0) is 18.2. The zero-order valence-corrected chi connectivity index (χ0v) is 14.4. The van der Waals surface area contributed by atoms with Gasteiger partial charge in [-0.1, -0.05) is 30.3 Å². The van der Waals surface area contributed by atoms with Crippen LogP contribution in [0.1, 0.15) is 18.4 Å². The van der Waals surface area contributed by atoms with Crippen LogP contribution in [0, 0.1) is 5.82 Å². The van der Waals surface area contributed by atoms with E-state index in [0.29, 0.717) is 5.56 Å². The molecule has 7 heteroatoms. The van der Waals surface area contributed by atoms with Crippen LogP contribution in [0.15, 0.2) is 59.5 Å². The molecule has 2 N–H and O–H groups in total. The van der Waals surface area contributed by atoms with E-state index in [2.05, 4.69) is 0 Å².